The van der Waals surface area contributed by atoms with Crippen molar-refractivity contribution < 1.29 is 19.2 Å². The molecule has 0 unspecified atom stereocenters. The molecule has 1 amide bonds. The Morgan fingerprint density at radius 2 is 2.11 bits per heavy atom. The van der Waals surface area contributed by atoms with Crippen molar-refractivity contribution >= 4 is 11.9 Å². The van der Waals surface area contributed by atoms with Crippen molar-refractivity contribution in [3.63, 3.8) is 0 Å². The fraction of sp³-hybridized carbons (Fsp3) is 0.615. The quantitative estimate of drug-likeness (QED) is 0.899. The highest BCUT2D eigenvalue weighted by atomic mass is 16.5. The molecule has 1 aromatic heterocycles. The molecule has 0 radical (unpaired) electrons. The number of amides is 1. The molecule has 104 valence electrons. The fourth-order valence-corrected chi connectivity index (χ4v) is 1.84. The predicted molar refractivity (Wildman–Crippen MR) is 66.9 cm³/mol. The third-order valence-corrected chi connectivity index (χ3v) is 3.08. The van der Waals surface area contributed by atoms with Gasteiger partial charge in [-0.05, 0) is 33.6 Å². The number of carboxylic acid groups (broad SMARTS) is 1. The van der Waals surface area contributed by atoms with Crippen molar-refractivity contribution in [3.8, 4) is 0 Å². The lowest BCUT2D eigenvalue weighted by atomic mass is 10.1. The Bertz CT molecular complexity index is 497. The molecule has 19 heavy (non-hydrogen) atoms. The van der Waals surface area contributed by atoms with Gasteiger partial charge < -0.3 is 14.5 Å². The summed E-state index contributed by atoms with van der Waals surface area (Å²) in [6.07, 6.45) is 2.11. The lowest BCUT2D eigenvalue weighted by Gasteiger charge is -2.33. The van der Waals surface area contributed by atoms with E-state index in [1.54, 1.807) is 26.8 Å². The summed E-state index contributed by atoms with van der Waals surface area (Å²) >= 11 is 0. The number of carboxylic acids is 1. The van der Waals surface area contributed by atoms with Gasteiger partial charge in [-0.15, -0.1) is 0 Å². The third kappa shape index (κ3) is 3.13. The number of aliphatic carboxylic acids is 1. The number of hydrogen-bond donors (Lipinski definition) is 1. The average molecular weight is 266 g/mol. The molecule has 1 heterocycles. The zero-order valence-electron chi connectivity index (χ0n) is 11.3. The molecule has 0 atom stereocenters. The van der Waals surface area contributed by atoms with Gasteiger partial charge in [-0.25, -0.2) is 0 Å². The highest BCUT2D eigenvalue weighted by molar-refractivity contribution is 5.94. The van der Waals surface area contributed by atoms with E-state index in [1.165, 1.54) is 4.90 Å². The smallest absolute Gasteiger partial charge is 0.323 e. The summed E-state index contributed by atoms with van der Waals surface area (Å²) in [6.45, 7) is 5.01. The van der Waals surface area contributed by atoms with Gasteiger partial charge in [-0.1, -0.05) is 5.16 Å². The second kappa shape index (κ2) is 4.68. The molecule has 2 rings (SSSR count). The normalized spacial score (nSPS) is 15.3. The van der Waals surface area contributed by atoms with E-state index < -0.39 is 17.4 Å². The number of carbonyl (C=O) groups excluding carboxylic acids is 1. The summed E-state index contributed by atoms with van der Waals surface area (Å²) in [6, 6.07) is 1.63. The van der Waals surface area contributed by atoms with Crippen LogP contribution in [0.5, 0.6) is 0 Å². The first kappa shape index (κ1) is 13.6. The minimum absolute atomic E-state index is 0.179. The molecule has 0 aromatic carbocycles. The van der Waals surface area contributed by atoms with E-state index in [2.05, 4.69) is 5.16 Å². The van der Waals surface area contributed by atoms with Crippen LogP contribution in [-0.2, 0) is 4.79 Å². The minimum Gasteiger partial charge on any atom is -0.480 e. The van der Waals surface area contributed by atoms with Gasteiger partial charge in [-0.3, -0.25) is 9.59 Å². The number of hydrogen-bond acceptors (Lipinski definition) is 4. The topological polar surface area (TPSA) is 83.6 Å². The summed E-state index contributed by atoms with van der Waals surface area (Å²) in [5.41, 5.74) is -0.410. The Labute approximate surface area is 111 Å². The standard InChI is InChI=1S/C13H18N2O4/c1-13(2,3)15(7-11(16)17)12(18)9-6-10(19-14-9)8-4-5-8/h6,8H,4-5,7H2,1-3H3,(H,16,17). The van der Waals surface area contributed by atoms with Crippen LogP contribution < -0.4 is 0 Å². The van der Waals surface area contributed by atoms with Gasteiger partial charge in [0.05, 0.1) is 0 Å². The van der Waals surface area contributed by atoms with E-state index in [-0.39, 0.29) is 12.2 Å². The second-order valence-electron chi connectivity index (χ2n) is 5.84. The Hall–Kier alpha value is -1.85. The summed E-state index contributed by atoms with van der Waals surface area (Å²) in [5, 5.41) is 12.7. The fourth-order valence-electron chi connectivity index (χ4n) is 1.84. The van der Waals surface area contributed by atoms with E-state index in [0.29, 0.717) is 11.7 Å². The van der Waals surface area contributed by atoms with Crippen LogP contribution in [0, 0.1) is 0 Å². The average Bonchev–Trinajstić information content (AvgIpc) is 3.02. The van der Waals surface area contributed by atoms with Crippen LogP contribution in [0.2, 0.25) is 0 Å². The van der Waals surface area contributed by atoms with Gasteiger partial charge in [0.15, 0.2) is 5.69 Å². The zero-order chi connectivity index (χ0) is 14.2. The van der Waals surface area contributed by atoms with E-state index in [0.717, 1.165) is 12.8 Å². The molecular weight excluding hydrogens is 248 g/mol. The van der Waals surface area contributed by atoms with Gasteiger partial charge in [0.1, 0.15) is 12.3 Å². The number of carbonyl (C=O) groups is 2. The Morgan fingerprint density at radius 1 is 1.47 bits per heavy atom. The molecule has 0 spiro atoms. The molecule has 0 aliphatic heterocycles. The third-order valence-electron chi connectivity index (χ3n) is 3.08. The first-order valence-electron chi connectivity index (χ1n) is 6.29. The zero-order valence-corrected chi connectivity index (χ0v) is 11.3. The van der Waals surface area contributed by atoms with Crippen molar-refractivity contribution in [3.05, 3.63) is 17.5 Å². The lowest BCUT2D eigenvalue weighted by Crippen LogP contribution is -2.48. The molecule has 1 aliphatic carbocycles. The molecule has 6 nitrogen and oxygen atoms in total. The Kier molecular flexibility index (Phi) is 3.34. The number of aromatic nitrogens is 1. The molecule has 1 saturated carbocycles. The van der Waals surface area contributed by atoms with Crippen LogP contribution in [-0.4, -0.2) is 39.1 Å². The SMILES string of the molecule is CC(C)(C)N(CC(=O)O)C(=O)c1cc(C2CC2)on1. The van der Waals surface area contributed by atoms with Gasteiger partial charge in [0.25, 0.3) is 5.91 Å². The summed E-state index contributed by atoms with van der Waals surface area (Å²) in [5.74, 6) is -0.371. The largest absolute Gasteiger partial charge is 0.480 e. The molecule has 0 saturated heterocycles. The van der Waals surface area contributed by atoms with Crippen molar-refractivity contribution in [1.82, 2.24) is 10.1 Å². The maximum atomic E-state index is 12.3. The van der Waals surface area contributed by atoms with Gasteiger partial charge in [0, 0.05) is 17.5 Å². The maximum absolute atomic E-state index is 12.3. The van der Waals surface area contributed by atoms with Crippen LogP contribution in [0.25, 0.3) is 0 Å². The minimum atomic E-state index is -1.05. The first-order valence-corrected chi connectivity index (χ1v) is 6.29. The second-order valence-corrected chi connectivity index (χ2v) is 5.84. The molecular formula is C13H18N2O4. The Morgan fingerprint density at radius 3 is 2.58 bits per heavy atom. The van der Waals surface area contributed by atoms with E-state index in [9.17, 15) is 9.59 Å². The van der Waals surface area contributed by atoms with Crippen LogP contribution in [0.15, 0.2) is 10.6 Å². The molecule has 1 fully saturated rings. The number of rotatable bonds is 4. The van der Waals surface area contributed by atoms with Crippen LogP contribution in [0.3, 0.4) is 0 Å². The van der Waals surface area contributed by atoms with Crippen molar-refractivity contribution in [2.24, 2.45) is 0 Å². The van der Waals surface area contributed by atoms with E-state index >= 15 is 0 Å². The maximum Gasteiger partial charge on any atom is 0.323 e. The molecule has 1 aliphatic rings. The first-order chi connectivity index (χ1) is 8.79. The van der Waals surface area contributed by atoms with Gasteiger partial charge in [-0.2, -0.15) is 0 Å². The Balaban J connectivity index is 2.19. The summed E-state index contributed by atoms with van der Waals surface area (Å²) in [4.78, 5) is 24.5. The van der Waals surface area contributed by atoms with Crippen LogP contribution in [0.1, 0.15) is 55.8 Å². The van der Waals surface area contributed by atoms with Gasteiger partial charge >= 0.3 is 5.97 Å². The van der Waals surface area contributed by atoms with Crippen LogP contribution in [0.4, 0.5) is 0 Å². The predicted octanol–water partition coefficient (Wildman–Crippen LogP) is 1.88. The van der Waals surface area contributed by atoms with E-state index in [1.807, 2.05) is 0 Å². The lowest BCUT2D eigenvalue weighted by molar-refractivity contribution is -0.138. The molecule has 6 heteroatoms. The molecule has 1 N–H and O–H groups in total. The highest BCUT2D eigenvalue weighted by Crippen LogP contribution is 2.40. The van der Waals surface area contributed by atoms with E-state index in [4.69, 9.17) is 9.63 Å². The van der Waals surface area contributed by atoms with Crippen molar-refractivity contribution in [1.29, 1.82) is 0 Å². The number of nitrogens with zero attached hydrogens (tertiary/aromatic N) is 2. The van der Waals surface area contributed by atoms with Crippen molar-refractivity contribution in [2.75, 3.05) is 6.54 Å². The molecule has 0 bridgehead atoms. The van der Waals surface area contributed by atoms with Crippen LogP contribution >= 0.6 is 0 Å². The van der Waals surface area contributed by atoms with Crippen molar-refractivity contribution in [2.45, 2.75) is 45.1 Å². The summed E-state index contributed by atoms with van der Waals surface area (Å²) in [7, 11) is 0. The molecule has 1 aromatic rings. The van der Waals surface area contributed by atoms with Gasteiger partial charge in [0.2, 0.25) is 0 Å². The monoisotopic (exact) mass is 266 g/mol. The summed E-state index contributed by atoms with van der Waals surface area (Å²) < 4.78 is 5.13. The highest BCUT2D eigenvalue weighted by Gasteiger charge is 2.33.